The van der Waals surface area contributed by atoms with E-state index in [1.807, 2.05) is 54.6 Å². The number of ether oxygens (including phenoxy) is 1. The van der Waals surface area contributed by atoms with E-state index in [0.29, 0.717) is 23.8 Å². The zero-order valence-corrected chi connectivity index (χ0v) is 15.2. The molecule has 1 amide bonds. The van der Waals surface area contributed by atoms with Crippen molar-refractivity contribution in [2.24, 2.45) is 0 Å². The first-order chi connectivity index (χ1) is 12.7. The quantitative estimate of drug-likeness (QED) is 0.599. The van der Waals surface area contributed by atoms with Crippen molar-refractivity contribution in [3.63, 3.8) is 0 Å². The summed E-state index contributed by atoms with van der Waals surface area (Å²) in [7, 11) is 1.63. The van der Waals surface area contributed by atoms with E-state index in [1.165, 1.54) is 6.20 Å². The fraction of sp³-hybridized carbons (Fsp3) is 0.143. The summed E-state index contributed by atoms with van der Waals surface area (Å²) in [6.07, 6.45) is 1.51. The van der Waals surface area contributed by atoms with Crippen LogP contribution in [0, 0.1) is 0 Å². The number of aromatic nitrogens is 1. The lowest BCUT2D eigenvalue weighted by Crippen LogP contribution is -2.30. The summed E-state index contributed by atoms with van der Waals surface area (Å²) < 4.78 is 5.20. The van der Waals surface area contributed by atoms with Crippen molar-refractivity contribution in [2.45, 2.75) is 13.1 Å². The Labute approximate surface area is 158 Å². The minimum absolute atomic E-state index is 0.0890. The second kappa shape index (κ2) is 8.50. The molecule has 0 unspecified atom stereocenters. The Morgan fingerprint density at radius 3 is 2.19 bits per heavy atom. The summed E-state index contributed by atoms with van der Waals surface area (Å²) >= 11 is 5.84. The Balaban J connectivity index is 1.84. The van der Waals surface area contributed by atoms with Gasteiger partial charge < -0.3 is 9.64 Å². The van der Waals surface area contributed by atoms with E-state index in [4.69, 9.17) is 16.3 Å². The van der Waals surface area contributed by atoms with Crippen molar-refractivity contribution >= 4 is 17.5 Å². The summed E-state index contributed by atoms with van der Waals surface area (Å²) in [5.41, 5.74) is 2.60. The molecular weight excluding hydrogens is 348 g/mol. The van der Waals surface area contributed by atoms with E-state index >= 15 is 0 Å². The molecule has 1 aromatic heterocycles. The molecule has 0 aliphatic carbocycles. The van der Waals surface area contributed by atoms with E-state index in [2.05, 4.69) is 4.98 Å². The van der Waals surface area contributed by atoms with Crippen molar-refractivity contribution < 1.29 is 9.53 Å². The molecule has 0 fully saturated rings. The number of methoxy groups -OCH3 is 1. The van der Waals surface area contributed by atoms with Gasteiger partial charge >= 0.3 is 0 Å². The third kappa shape index (κ3) is 4.61. The minimum atomic E-state index is -0.0890. The first-order valence-corrected chi connectivity index (χ1v) is 8.61. The van der Waals surface area contributed by atoms with E-state index in [9.17, 15) is 4.79 Å². The van der Waals surface area contributed by atoms with Crippen molar-refractivity contribution in [1.82, 2.24) is 9.88 Å². The molecule has 0 N–H and O–H groups in total. The zero-order valence-electron chi connectivity index (χ0n) is 14.4. The molecule has 26 heavy (non-hydrogen) atoms. The SMILES string of the molecule is COc1ccc(CN(Cc2ccccc2)C(=O)c2ccc(Cl)nc2)cc1. The number of hydrogen-bond donors (Lipinski definition) is 0. The first kappa shape index (κ1) is 18.0. The van der Waals surface area contributed by atoms with Crippen molar-refractivity contribution in [1.29, 1.82) is 0 Å². The summed E-state index contributed by atoms with van der Waals surface area (Å²) in [5, 5.41) is 0.367. The smallest absolute Gasteiger partial charge is 0.256 e. The van der Waals surface area contributed by atoms with Gasteiger partial charge in [-0.25, -0.2) is 4.98 Å². The van der Waals surface area contributed by atoms with Crippen LogP contribution in [-0.4, -0.2) is 22.9 Å². The standard InChI is InChI=1S/C21H19ClN2O2/c1-26-19-10-7-17(8-11-19)15-24(14-16-5-3-2-4-6-16)21(25)18-9-12-20(22)23-13-18/h2-13H,14-15H2,1H3. The van der Waals surface area contributed by atoms with Gasteiger partial charge in [0.1, 0.15) is 10.9 Å². The van der Waals surface area contributed by atoms with Crippen molar-refractivity contribution in [2.75, 3.05) is 7.11 Å². The van der Waals surface area contributed by atoms with E-state index in [0.717, 1.165) is 16.9 Å². The van der Waals surface area contributed by atoms with Crippen LogP contribution in [0.4, 0.5) is 0 Å². The van der Waals surface area contributed by atoms with Crippen LogP contribution in [0.5, 0.6) is 5.75 Å². The summed E-state index contributed by atoms with van der Waals surface area (Å²) in [6, 6.07) is 20.9. The van der Waals surface area contributed by atoms with Gasteiger partial charge in [-0.1, -0.05) is 54.1 Å². The highest BCUT2D eigenvalue weighted by atomic mass is 35.5. The van der Waals surface area contributed by atoms with Gasteiger partial charge in [-0.3, -0.25) is 4.79 Å². The topological polar surface area (TPSA) is 42.4 Å². The highest BCUT2D eigenvalue weighted by Gasteiger charge is 2.17. The number of carbonyl (C=O) groups excluding carboxylic acids is 1. The fourth-order valence-electron chi connectivity index (χ4n) is 2.64. The van der Waals surface area contributed by atoms with Crippen molar-refractivity contribution in [3.05, 3.63) is 94.8 Å². The van der Waals surface area contributed by atoms with Crippen LogP contribution < -0.4 is 4.74 Å². The average Bonchev–Trinajstić information content (AvgIpc) is 2.69. The minimum Gasteiger partial charge on any atom is -0.497 e. The molecule has 5 heteroatoms. The second-order valence-corrected chi connectivity index (χ2v) is 6.25. The van der Waals surface area contributed by atoms with E-state index < -0.39 is 0 Å². The molecule has 2 aromatic carbocycles. The Kier molecular flexibility index (Phi) is 5.87. The predicted molar refractivity (Wildman–Crippen MR) is 102 cm³/mol. The highest BCUT2D eigenvalue weighted by Crippen LogP contribution is 2.17. The van der Waals surface area contributed by atoms with E-state index in [1.54, 1.807) is 24.1 Å². The molecule has 0 bridgehead atoms. The summed E-state index contributed by atoms with van der Waals surface area (Å²) in [6.45, 7) is 0.995. The Morgan fingerprint density at radius 2 is 1.62 bits per heavy atom. The fourth-order valence-corrected chi connectivity index (χ4v) is 2.75. The molecule has 0 aliphatic rings. The van der Waals surface area contributed by atoms with Gasteiger partial charge in [0.15, 0.2) is 0 Å². The number of carbonyl (C=O) groups is 1. The maximum Gasteiger partial charge on any atom is 0.256 e. The highest BCUT2D eigenvalue weighted by molar-refractivity contribution is 6.29. The van der Waals surface area contributed by atoms with Gasteiger partial charge in [0, 0.05) is 19.3 Å². The van der Waals surface area contributed by atoms with Crippen LogP contribution in [0.3, 0.4) is 0 Å². The maximum absolute atomic E-state index is 13.0. The van der Waals surface area contributed by atoms with Crippen LogP contribution in [0.1, 0.15) is 21.5 Å². The number of pyridine rings is 1. The predicted octanol–water partition coefficient (Wildman–Crippen LogP) is 4.59. The molecule has 0 radical (unpaired) electrons. The van der Waals surface area contributed by atoms with Crippen LogP contribution in [0.15, 0.2) is 72.9 Å². The normalized spacial score (nSPS) is 10.4. The molecule has 4 nitrogen and oxygen atoms in total. The van der Waals surface area contributed by atoms with Crippen LogP contribution in [-0.2, 0) is 13.1 Å². The second-order valence-electron chi connectivity index (χ2n) is 5.86. The van der Waals surface area contributed by atoms with Crippen LogP contribution >= 0.6 is 11.6 Å². The number of hydrogen-bond acceptors (Lipinski definition) is 3. The average molecular weight is 367 g/mol. The third-order valence-electron chi connectivity index (χ3n) is 4.01. The molecule has 3 rings (SSSR count). The van der Waals surface area contributed by atoms with Crippen LogP contribution in [0.2, 0.25) is 5.15 Å². The lowest BCUT2D eigenvalue weighted by Gasteiger charge is -2.23. The molecule has 1 heterocycles. The molecule has 0 spiro atoms. The molecule has 0 aliphatic heterocycles. The number of rotatable bonds is 6. The lowest BCUT2D eigenvalue weighted by molar-refractivity contribution is 0.0729. The molecule has 0 atom stereocenters. The van der Waals surface area contributed by atoms with Crippen molar-refractivity contribution in [3.8, 4) is 5.75 Å². The number of benzene rings is 2. The molecule has 132 valence electrons. The maximum atomic E-state index is 13.0. The van der Waals surface area contributed by atoms with Gasteiger partial charge in [0.25, 0.3) is 5.91 Å². The number of nitrogens with zero attached hydrogens (tertiary/aromatic N) is 2. The molecular formula is C21H19ClN2O2. The molecule has 0 saturated carbocycles. The van der Waals surface area contributed by atoms with Gasteiger partial charge in [-0.15, -0.1) is 0 Å². The van der Waals surface area contributed by atoms with Gasteiger partial charge in [-0.05, 0) is 35.4 Å². The number of amides is 1. The van der Waals surface area contributed by atoms with E-state index in [-0.39, 0.29) is 5.91 Å². The third-order valence-corrected chi connectivity index (χ3v) is 4.23. The zero-order chi connectivity index (χ0) is 18.4. The molecule has 3 aromatic rings. The van der Waals surface area contributed by atoms with Gasteiger partial charge in [0.2, 0.25) is 0 Å². The Hall–Kier alpha value is -2.85. The summed E-state index contributed by atoms with van der Waals surface area (Å²) in [5.74, 6) is 0.699. The summed E-state index contributed by atoms with van der Waals surface area (Å²) in [4.78, 5) is 18.8. The largest absolute Gasteiger partial charge is 0.497 e. The monoisotopic (exact) mass is 366 g/mol. The van der Waals surface area contributed by atoms with Crippen LogP contribution in [0.25, 0.3) is 0 Å². The molecule has 0 saturated heterocycles. The van der Waals surface area contributed by atoms with Gasteiger partial charge in [-0.2, -0.15) is 0 Å². The van der Waals surface area contributed by atoms with Gasteiger partial charge in [0.05, 0.1) is 12.7 Å². The Bertz CT molecular complexity index is 849. The lowest BCUT2D eigenvalue weighted by atomic mass is 10.1. The number of halogens is 1. The first-order valence-electron chi connectivity index (χ1n) is 8.23. The Morgan fingerprint density at radius 1 is 0.962 bits per heavy atom.